The Morgan fingerprint density at radius 2 is 1.74 bits per heavy atom. The minimum Gasteiger partial charge on any atom is -0.298 e. The zero-order valence-corrected chi connectivity index (χ0v) is 15.4. The summed E-state index contributed by atoms with van der Waals surface area (Å²) >= 11 is 1.45. The number of carbonyl (C=O) groups excluding carboxylic acids is 1. The molecule has 1 N–H and O–H groups in total. The second-order valence-corrected chi connectivity index (χ2v) is 7.13. The number of carbonyl (C=O) groups is 1. The van der Waals surface area contributed by atoms with Gasteiger partial charge in [-0.15, -0.1) is 0 Å². The van der Waals surface area contributed by atoms with Crippen molar-refractivity contribution in [2.45, 2.75) is 6.92 Å². The predicted octanol–water partition coefficient (Wildman–Crippen LogP) is 5.40. The number of nitrogens with one attached hydrogen (secondary N) is 1. The molecule has 1 aromatic heterocycles. The molecule has 0 saturated heterocycles. The van der Waals surface area contributed by atoms with Gasteiger partial charge in [0.25, 0.3) is 5.91 Å². The van der Waals surface area contributed by atoms with E-state index in [0.29, 0.717) is 16.3 Å². The molecule has 1 heterocycles. The SMILES string of the molecule is Cc1cccc2sc(NC(=O)c3ccccc3-c3ccccc3C#N)nc12. The molecule has 0 spiro atoms. The number of nitriles is 1. The average Bonchev–Trinajstić information content (AvgIpc) is 3.12. The van der Waals surface area contributed by atoms with Crippen LogP contribution in [0.1, 0.15) is 21.5 Å². The van der Waals surface area contributed by atoms with Crippen LogP contribution in [0.25, 0.3) is 21.3 Å². The van der Waals surface area contributed by atoms with Crippen LogP contribution < -0.4 is 5.32 Å². The van der Waals surface area contributed by atoms with Crippen molar-refractivity contribution in [1.29, 1.82) is 5.26 Å². The number of rotatable bonds is 3. The lowest BCUT2D eigenvalue weighted by molar-refractivity contribution is 0.102. The first-order valence-electron chi connectivity index (χ1n) is 8.43. The number of amides is 1. The van der Waals surface area contributed by atoms with Crippen molar-refractivity contribution >= 4 is 32.6 Å². The molecule has 130 valence electrons. The summed E-state index contributed by atoms with van der Waals surface area (Å²) in [5.74, 6) is -0.241. The van der Waals surface area contributed by atoms with Crippen molar-refractivity contribution in [3.05, 3.63) is 83.4 Å². The lowest BCUT2D eigenvalue weighted by Crippen LogP contribution is -2.13. The van der Waals surface area contributed by atoms with E-state index in [9.17, 15) is 10.1 Å². The quantitative estimate of drug-likeness (QED) is 0.526. The first-order chi connectivity index (χ1) is 13.2. The Balaban J connectivity index is 1.72. The Kier molecular flexibility index (Phi) is 4.41. The zero-order valence-electron chi connectivity index (χ0n) is 14.6. The smallest absolute Gasteiger partial charge is 0.258 e. The van der Waals surface area contributed by atoms with Gasteiger partial charge in [0, 0.05) is 11.1 Å². The molecular weight excluding hydrogens is 354 g/mol. The zero-order chi connectivity index (χ0) is 18.8. The molecule has 0 bridgehead atoms. The lowest BCUT2D eigenvalue weighted by Gasteiger charge is -2.10. The van der Waals surface area contributed by atoms with Gasteiger partial charge in [-0.3, -0.25) is 10.1 Å². The molecule has 0 atom stereocenters. The molecule has 0 aliphatic carbocycles. The van der Waals surface area contributed by atoms with Crippen molar-refractivity contribution in [3.8, 4) is 17.2 Å². The Hall–Kier alpha value is -3.49. The van der Waals surface area contributed by atoms with Crippen LogP contribution in [0, 0.1) is 18.3 Å². The Labute approximate surface area is 160 Å². The van der Waals surface area contributed by atoms with E-state index < -0.39 is 0 Å². The third-order valence-corrected chi connectivity index (χ3v) is 5.29. The number of nitrogens with zero attached hydrogens (tertiary/aromatic N) is 2. The van der Waals surface area contributed by atoms with Crippen LogP contribution in [0.3, 0.4) is 0 Å². The van der Waals surface area contributed by atoms with E-state index in [1.807, 2.05) is 61.5 Å². The van der Waals surface area contributed by atoms with E-state index >= 15 is 0 Å². The minimum atomic E-state index is -0.241. The minimum absolute atomic E-state index is 0.241. The maximum atomic E-state index is 12.9. The fourth-order valence-electron chi connectivity index (χ4n) is 3.04. The van der Waals surface area contributed by atoms with Gasteiger partial charge in [0.2, 0.25) is 0 Å². The van der Waals surface area contributed by atoms with Gasteiger partial charge in [0.05, 0.1) is 21.8 Å². The summed E-state index contributed by atoms with van der Waals surface area (Å²) in [6.07, 6.45) is 0. The standard InChI is InChI=1S/C22H15N3OS/c1-14-7-6-12-19-20(14)24-22(27-19)25-21(26)18-11-5-4-10-17(18)16-9-3-2-8-15(16)13-23/h2-12H,1H3,(H,24,25,26). The topological polar surface area (TPSA) is 65.8 Å². The van der Waals surface area contributed by atoms with Crippen molar-refractivity contribution in [2.24, 2.45) is 0 Å². The molecule has 0 saturated carbocycles. The Morgan fingerprint density at radius 3 is 2.52 bits per heavy atom. The van der Waals surface area contributed by atoms with Crippen molar-refractivity contribution in [1.82, 2.24) is 4.98 Å². The highest BCUT2D eigenvalue weighted by Crippen LogP contribution is 2.30. The molecule has 0 fully saturated rings. The van der Waals surface area contributed by atoms with E-state index in [4.69, 9.17) is 0 Å². The normalized spacial score (nSPS) is 10.5. The first kappa shape index (κ1) is 17.0. The maximum Gasteiger partial charge on any atom is 0.258 e. The van der Waals surface area contributed by atoms with Crippen LogP contribution in [-0.2, 0) is 0 Å². The van der Waals surface area contributed by atoms with Gasteiger partial charge in [-0.25, -0.2) is 4.98 Å². The fraction of sp³-hybridized carbons (Fsp3) is 0.0455. The summed E-state index contributed by atoms with van der Waals surface area (Å²) in [6, 6.07) is 22.7. The van der Waals surface area contributed by atoms with Crippen LogP contribution in [0.2, 0.25) is 0 Å². The summed E-state index contributed by atoms with van der Waals surface area (Å²) in [4.78, 5) is 17.5. The van der Waals surface area contributed by atoms with Gasteiger partial charge in [-0.1, -0.05) is 59.9 Å². The van der Waals surface area contributed by atoms with Crippen LogP contribution in [0.15, 0.2) is 66.7 Å². The van der Waals surface area contributed by atoms with Gasteiger partial charge in [0.15, 0.2) is 5.13 Å². The first-order valence-corrected chi connectivity index (χ1v) is 9.25. The van der Waals surface area contributed by atoms with Gasteiger partial charge in [-0.05, 0) is 36.2 Å². The molecule has 0 aliphatic heterocycles. The number of hydrogen-bond acceptors (Lipinski definition) is 4. The van der Waals surface area contributed by atoms with E-state index in [2.05, 4.69) is 16.4 Å². The molecule has 3 aromatic carbocycles. The second-order valence-electron chi connectivity index (χ2n) is 6.10. The van der Waals surface area contributed by atoms with Crippen LogP contribution in [-0.4, -0.2) is 10.9 Å². The van der Waals surface area contributed by atoms with E-state index in [-0.39, 0.29) is 5.91 Å². The second kappa shape index (κ2) is 7.02. The number of benzene rings is 3. The monoisotopic (exact) mass is 369 g/mol. The highest BCUT2D eigenvalue weighted by atomic mass is 32.1. The number of hydrogen-bond donors (Lipinski definition) is 1. The molecule has 27 heavy (non-hydrogen) atoms. The third-order valence-electron chi connectivity index (χ3n) is 4.35. The number of aromatic nitrogens is 1. The van der Waals surface area contributed by atoms with Crippen molar-refractivity contribution < 1.29 is 4.79 Å². The average molecular weight is 369 g/mol. The van der Waals surface area contributed by atoms with Gasteiger partial charge < -0.3 is 0 Å². The molecule has 4 aromatic rings. The summed E-state index contributed by atoms with van der Waals surface area (Å²) < 4.78 is 1.04. The summed E-state index contributed by atoms with van der Waals surface area (Å²) in [6.45, 7) is 2.00. The lowest BCUT2D eigenvalue weighted by atomic mass is 9.95. The Bertz CT molecular complexity index is 1200. The van der Waals surface area contributed by atoms with E-state index in [0.717, 1.165) is 26.9 Å². The predicted molar refractivity (Wildman–Crippen MR) is 109 cm³/mol. The third kappa shape index (κ3) is 3.19. The number of fused-ring (bicyclic) bond motifs is 1. The fourth-order valence-corrected chi connectivity index (χ4v) is 3.97. The van der Waals surface area contributed by atoms with Crippen LogP contribution in [0.4, 0.5) is 5.13 Å². The molecule has 0 aliphatic rings. The summed E-state index contributed by atoms with van der Waals surface area (Å²) in [7, 11) is 0. The molecule has 0 unspecified atom stereocenters. The maximum absolute atomic E-state index is 12.9. The summed E-state index contributed by atoms with van der Waals surface area (Å²) in [5.41, 5.74) is 4.49. The van der Waals surface area contributed by atoms with Gasteiger partial charge >= 0.3 is 0 Å². The largest absolute Gasteiger partial charge is 0.298 e. The molecule has 1 amide bonds. The molecule has 0 radical (unpaired) electrons. The van der Waals surface area contributed by atoms with E-state index in [1.165, 1.54) is 11.3 Å². The van der Waals surface area contributed by atoms with E-state index in [1.54, 1.807) is 12.1 Å². The highest BCUT2D eigenvalue weighted by molar-refractivity contribution is 7.22. The molecular formula is C22H15N3OS. The highest BCUT2D eigenvalue weighted by Gasteiger charge is 2.16. The number of para-hydroxylation sites is 1. The van der Waals surface area contributed by atoms with Crippen LogP contribution >= 0.6 is 11.3 Å². The van der Waals surface area contributed by atoms with Crippen molar-refractivity contribution in [3.63, 3.8) is 0 Å². The summed E-state index contributed by atoms with van der Waals surface area (Å²) in [5, 5.41) is 12.9. The Morgan fingerprint density at radius 1 is 1.00 bits per heavy atom. The van der Waals surface area contributed by atoms with Gasteiger partial charge in [0.1, 0.15) is 0 Å². The van der Waals surface area contributed by atoms with Crippen molar-refractivity contribution in [2.75, 3.05) is 5.32 Å². The molecule has 5 heteroatoms. The number of aryl methyl sites for hydroxylation is 1. The molecule has 4 nitrogen and oxygen atoms in total. The van der Waals surface area contributed by atoms with Crippen LogP contribution in [0.5, 0.6) is 0 Å². The number of thiazole rings is 1. The number of anilines is 1. The molecule has 4 rings (SSSR count). The van der Waals surface area contributed by atoms with Gasteiger partial charge in [-0.2, -0.15) is 5.26 Å².